The maximum atomic E-state index is 4.96. The molecule has 104 valence electrons. The average molecular weight is 274 g/mol. The van der Waals surface area contributed by atoms with E-state index in [0.29, 0.717) is 0 Å². The number of methoxy groups -OCH3 is 1. The number of nitrogens with one attached hydrogen (secondary N) is 1. The van der Waals surface area contributed by atoms with Gasteiger partial charge in [0.1, 0.15) is 0 Å². The van der Waals surface area contributed by atoms with Crippen molar-refractivity contribution in [2.24, 2.45) is 0 Å². The summed E-state index contributed by atoms with van der Waals surface area (Å²) in [5.41, 5.74) is 0. The number of tetrazole rings is 1. The summed E-state index contributed by atoms with van der Waals surface area (Å²) in [4.78, 5) is 2.15. The number of hydrogen-bond acceptors (Lipinski definition) is 7. The molecule has 1 aromatic rings. The fourth-order valence-corrected chi connectivity index (χ4v) is 2.25. The fourth-order valence-electron chi connectivity index (χ4n) is 1.24. The van der Waals surface area contributed by atoms with E-state index in [1.807, 2.05) is 4.68 Å². The molecule has 1 rings (SSSR count). The Morgan fingerprint density at radius 1 is 1.39 bits per heavy atom. The molecule has 0 aliphatic carbocycles. The van der Waals surface area contributed by atoms with Gasteiger partial charge >= 0.3 is 0 Å². The van der Waals surface area contributed by atoms with Crippen LogP contribution >= 0.6 is 11.8 Å². The summed E-state index contributed by atoms with van der Waals surface area (Å²) in [7, 11) is 5.81. The van der Waals surface area contributed by atoms with Gasteiger partial charge in [-0.25, -0.2) is 4.68 Å². The number of aromatic nitrogens is 4. The maximum Gasteiger partial charge on any atom is 0.209 e. The number of nitrogens with zero attached hydrogens (tertiary/aromatic N) is 5. The van der Waals surface area contributed by atoms with Gasteiger partial charge in [-0.2, -0.15) is 0 Å². The van der Waals surface area contributed by atoms with Crippen LogP contribution in [0.1, 0.15) is 0 Å². The van der Waals surface area contributed by atoms with E-state index in [2.05, 4.69) is 39.8 Å². The third-order valence-electron chi connectivity index (χ3n) is 2.25. The number of rotatable bonds is 10. The summed E-state index contributed by atoms with van der Waals surface area (Å²) < 4.78 is 6.79. The zero-order valence-electron chi connectivity index (χ0n) is 11.3. The molecule has 0 spiro atoms. The molecule has 7 nitrogen and oxygen atoms in total. The largest absolute Gasteiger partial charge is 0.383 e. The molecule has 1 heterocycles. The normalized spacial score (nSPS) is 11.3. The van der Waals surface area contributed by atoms with Crippen molar-refractivity contribution >= 4 is 11.8 Å². The molecular formula is C10H22N6OS. The standard InChI is InChI=1S/C10H22N6OS/c1-15(2)7-9-18-10-12-13-14-16(10)6-4-11-5-8-17-3/h11H,4-9H2,1-3H3. The Labute approximate surface area is 112 Å². The van der Waals surface area contributed by atoms with E-state index in [-0.39, 0.29) is 0 Å². The third kappa shape index (κ3) is 6.29. The first-order valence-corrected chi connectivity index (χ1v) is 6.96. The summed E-state index contributed by atoms with van der Waals surface area (Å²) in [5.74, 6) is 0.991. The highest BCUT2D eigenvalue weighted by Crippen LogP contribution is 2.12. The summed E-state index contributed by atoms with van der Waals surface area (Å²) in [5, 5.41) is 15.9. The first kappa shape index (κ1) is 15.4. The van der Waals surface area contributed by atoms with Gasteiger partial charge in [0, 0.05) is 32.5 Å². The van der Waals surface area contributed by atoms with Crippen molar-refractivity contribution in [2.45, 2.75) is 11.7 Å². The van der Waals surface area contributed by atoms with Crippen LogP contribution in [0.25, 0.3) is 0 Å². The van der Waals surface area contributed by atoms with Crippen LogP contribution in [-0.2, 0) is 11.3 Å². The summed E-state index contributed by atoms with van der Waals surface area (Å²) in [6.45, 7) is 4.21. The lowest BCUT2D eigenvalue weighted by atomic mass is 10.6. The van der Waals surface area contributed by atoms with Gasteiger partial charge in [-0.1, -0.05) is 11.8 Å². The molecule has 0 radical (unpaired) electrons. The molecular weight excluding hydrogens is 252 g/mol. The molecule has 0 saturated carbocycles. The zero-order chi connectivity index (χ0) is 13.2. The highest BCUT2D eigenvalue weighted by molar-refractivity contribution is 7.99. The molecule has 0 unspecified atom stereocenters. The first-order chi connectivity index (χ1) is 8.74. The second kappa shape index (κ2) is 9.26. The molecule has 0 aliphatic rings. The van der Waals surface area contributed by atoms with Gasteiger partial charge in [0.25, 0.3) is 0 Å². The average Bonchev–Trinajstić information content (AvgIpc) is 2.76. The Balaban J connectivity index is 2.22. The summed E-state index contributed by atoms with van der Waals surface area (Å²) in [6, 6.07) is 0. The molecule has 0 aromatic carbocycles. The minimum absolute atomic E-state index is 0.722. The number of thioether (sulfide) groups is 1. The van der Waals surface area contributed by atoms with Crippen LogP contribution in [0.4, 0.5) is 0 Å². The monoisotopic (exact) mass is 274 g/mol. The second-order valence-electron chi connectivity index (χ2n) is 4.08. The van der Waals surface area contributed by atoms with Crippen LogP contribution in [0.15, 0.2) is 5.16 Å². The predicted molar refractivity (Wildman–Crippen MR) is 71.8 cm³/mol. The van der Waals surface area contributed by atoms with Crippen LogP contribution in [-0.4, -0.2) is 78.3 Å². The van der Waals surface area contributed by atoms with Gasteiger partial charge < -0.3 is 15.0 Å². The fraction of sp³-hybridized carbons (Fsp3) is 0.900. The van der Waals surface area contributed by atoms with Gasteiger partial charge in [0.2, 0.25) is 5.16 Å². The third-order valence-corrected chi connectivity index (χ3v) is 3.19. The summed E-state index contributed by atoms with van der Waals surface area (Å²) >= 11 is 1.68. The van der Waals surface area contributed by atoms with Crippen molar-refractivity contribution in [2.75, 3.05) is 53.2 Å². The molecule has 0 saturated heterocycles. The van der Waals surface area contributed by atoms with E-state index in [0.717, 1.165) is 43.7 Å². The van der Waals surface area contributed by atoms with E-state index in [1.54, 1.807) is 18.9 Å². The summed E-state index contributed by atoms with van der Waals surface area (Å²) in [6.07, 6.45) is 0. The molecule has 8 heteroatoms. The Hall–Kier alpha value is -0.700. The molecule has 18 heavy (non-hydrogen) atoms. The van der Waals surface area contributed by atoms with Crippen LogP contribution in [0, 0.1) is 0 Å². The van der Waals surface area contributed by atoms with Crippen LogP contribution in [0.3, 0.4) is 0 Å². The minimum atomic E-state index is 0.722. The van der Waals surface area contributed by atoms with Gasteiger partial charge in [0.05, 0.1) is 13.2 Å². The van der Waals surface area contributed by atoms with Crippen LogP contribution in [0.2, 0.25) is 0 Å². The number of hydrogen-bond donors (Lipinski definition) is 1. The first-order valence-electron chi connectivity index (χ1n) is 5.97. The molecule has 1 aromatic heterocycles. The van der Waals surface area contributed by atoms with Gasteiger partial charge in [-0.05, 0) is 24.5 Å². The van der Waals surface area contributed by atoms with Crippen LogP contribution < -0.4 is 5.32 Å². The van der Waals surface area contributed by atoms with Crippen LogP contribution in [0.5, 0.6) is 0 Å². The van der Waals surface area contributed by atoms with E-state index in [4.69, 9.17) is 4.74 Å². The zero-order valence-corrected chi connectivity index (χ0v) is 12.1. The van der Waals surface area contributed by atoms with E-state index in [1.165, 1.54) is 0 Å². The lowest BCUT2D eigenvalue weighted by Crippen LogP contribution is -2.24. The van der Waals surface area contributed by atoms with Crippen molar-refractivity contribution in [3.8, 4) is 0 Å². The Kier molecular flexibility index (Phi) is 7.90. The van der Waals surface area contributed by atoms with Crippen molar-refractivity contribution in [1.29, 1.82) is 0 Å². The Morgan fingerprint density at radius 2 is 2.22 bits per heavy atom. The quantitative estimate of drug-likeness (QED) is 0.458. The lowest BCUT2D eigenvalue weighted by molar-refractivity contribution is 0.199. The topological polar surface area (TPSA) is 68.1 Å². The minimum Gasteiger partial charge on any atom is -0.383 e. The van der Waals surface area contributed by atoms with Crippen molar-refractivity contribution < 1.29 is 4.74 Å². The Morgan fingerprint density at radius 3 is 2.94 bits per heavy atom. The van der Waals surface area contributed by atoms with E-state index < -0.39 is 0 Å². The van der Waals surface area contributed by atoms with Crippen molar-refractivity contribution in [3.05, 3.63) is 0 Å². The predicted octanol–water partition coefficient (Wildman–Crippen LogP) is -0.437. The molecule has 0 aliphatic heterocycles. The molecule has 0 amide bonds. The smallest absolute Gasteiger partial charge is 0.209 e. The van der Waals surface area contributed by atoms with Gasteiger partial charge in [-0.15, -0.1) is 5.10 Å². The van der Waals surface area contributed by atoms with Gasteiger partial charge in [0.15, 0.2) is 0 Å². The second-order valence-corrected chi connectivity index (χ2v) is 5.14. The van der Waals surface area contributed by atoms with Crippen molar-refractivity contribution in [3.63, 3.8) is 0 Å². The van der Waals surface area contributed by atoms with Gasteiger partial charge in [-0.3, -0.25) is 0 Å². The molecule has 0 fully saturated rings. The Bertz CT molecular complexity index is 319. The van der Waals surface area contributed by atoms with E-state index in [9.17, 15) is 0 Å². The SMILES string of the molecule is COCCNCCn1nnnc1SCCN(C)C. The highest BCUT2D eigenvalue weighted by Gasteiger charge is 2.06. The lowest BCUT2D eigenvalue weighted by Gasteiger charge is -2.08. The molecule has 0 bridgehead atoms. The maximum absolute atomic E-state index is 4.96. The number of ether oxygens (including phenoxy) is 1. The van der Waals surface area contributed by atoms with Crippen molar-refractivity contribution in [1.82, 2.24) is 30.4 Å². The highest BCUT2D eigenvalue weighted by atomic mass is 32.2. The van der Waals surface area contributed by atoms with E-state index >= 15 is 0 Å². The molecule has 1 N–H and O–H groups in total. The molecule has 0 atom stereocenters.